The summed E-state index contributed by atoms with van der Waals surface area (Å²) in [5, 5.41) is 5.91. The minimum Gasteiger partial charge on any atom is -0.497 e. The third-order valence-electron chi connectivity index (χ3n) is 6.07. The predicted octanol–water partition coefficient (Wildman–Crippen LogP) is 4.43. The predicted molar refractivity (Wildman–Crippen MR) is 139 cm³/mol. The fourth-order valence-electron chi connectivity index (χ4n) is 4.23. The van der Waals surface area contributed by atoms with Crippen molar-refractivity contribution in [2.45, 2.75) is 39.7 Å². The van der Waals surface area contributed by atoms with Crippen LogP contribution in [0.3, 0.4) is 0 Å². The Morgan fingerprint density at radius 1 is 1.11 bits per heavy atom. The highest BCUT2D eigenvalue weighted by Crippen LogP contribution is 2.39. The summed E-state index contributed by atoms with van der Waals surface area (Å²) in [7, 11) is 4.65. The zero-order chi connectivity index (χ0) is 27.2. The number of benzene rings is 2. The van der Waals surface area contributed by atoms with E-state index in [1.807, 2.05) is 20.8 Å². The molecule has 0 aromatic heterocycles. The van der Waals surface area contributed by atoms with Gasteiger partial charge in [-0.25, -0.2) is 9.40 Å². The molecular weight excluding hydrogens is 477 g/mol. The number of hydrazone groups is 1. The van der Waals surface area contributed by atoms with Gasteiger partial charge in [0.05, 0.1) is 32.6 Å². The quantitative estimate of drug-likeness (QED) is 0.470. The number of amides is 2. The first kappa shape index (κ1) is 28.1. The molecule has 1 atom stereocenters. The van der Waals surface area contributed by atoms with Gasteiger partial charge in [0.25, 0.3) is 5.91 Å². The largest absolute Gasteiger partial charge is 0.497 e. The number of hydrogen-bond donors (Lipinski definition) is 0. The number of hydrogen-bond acceptors (Lipinski definition) is 6. The summed E-state index contributed by atoms with van der Waals surface area (Å²) in [4.78, 5) is 28.3. The summed E-state index contributed by atoms with van der Waals surface area (Å²) < 4.78 is 30.8. The molecule has 2 aromatic carbocycles. The highest BCUT2D eigenvalue weighted by molar-refractivity contribution is 6.03. The molecule has 8 nitrogen and oxygen atoms in total. The number of halogens is 1. The lowest BCUT2D eigenvalue weighted by atomic mass is 9.91. The van der Waals surface area contributed by atoms with E-state index in [1.54, 1.807) is 57.7 Å². The Hall–Kier alpha value is -3.46. The molecule has 0 N–H and O–H groups in total. The summed E-state index contributed by atoms with van der Waals surface area (Å²) in [6.07, 6.45) is 0.547. The number of rotatable bonds is 10. The van der Waals surface area contributed by atoms with Gasteiger partial charge in [0, 0.05) is 37.6 Å². The molecular formula is C28H36FN3O5. The van der Waals surface area contributed by atoms with E-state index in [4.69, 9.17) is 14.2 Å². The monoisotopic (exact) mass is 513 g/mol. The van der Waals surface area contributed by atoms with E-state index in [-0.39, 0.29) is 43.2 Å². The molecule has 0 radical (unpaired) electrons. The van der Waals surface area contributed by atoms with E-state index in [9.17, 15) is 14.0 Å². The van der Waals surface area contributed by atoms with Crippen LogP contribution >= 0.6 is 0 Å². The Morgan fingerprint density at radius 2 is 1.84 bits per heavy atom. The Balaban J connectivity index is 1.99. The maximum absolute atomic E-state index is 14.7. The third-order valence-corrected chi connectivity index (χ3v) is 6.07. The van der Waals surface area contributed by atoms with E-state index < -0.39 is 11.9 Å². The van der Waals surface area contributed by atoms with Crippen LogP contribution in [0, 0.1) is 11.2 Å². The van der Waals surface area contributed by atoms with E-state index in [2.05, 4.69) is 5.10 Å². The standard InChI is InChI=1S/C28H36FN3O5/c1-28(2,3)17-26(33)31(13-14-35-4)18-27(34)32-24(21-15-19(36-5)11-12-25(21)37-6)16-23(30-32)20-9-7-8-10-22(20)29/h7-12,15,24H,13-14,16-18H2,1-6H3/t24-/m1/s1. The smallest absolute Gasteiger partial charge is 0.262 e. The van der Waals surface area contributed by atoms with Crippen LogP contribution in [0.2, 0.25) is 0 Å². The maximum Gasteiger partial charge on any atom is 0.262 e. The van der Waals surface area contributed by atoms with Crippen LogP contribution < -0.4 is 9.47 Å². The molecule has 200 valence electrons. The van der Waals surface area contributed by atoms with E-state index in [1.165, 1.54) is 16.0 Å². The molecule has 2 aromatic rings. The molecule has 0 unspecified atom stereocenters. The normalized spacial score (nSPS) is 15.4. The Kier molecular flexibility index (Phi) is 9.26. The second-order valence-electron chi connectivity index (χ2n) is 10.1. The zero-order valence-corrected chi connectivity index (χ0v) is 22.4. The van der Waals surface area contributed by atoms with Crippen molar-refractivity contribution in [1.29, 1.82) is 0 Å². The second-order valence-corrected chi connectivity index (χ2v) is 10.1. The van der Waals surface area contributed by atoms with Crippen molar-refractivity contribution in [3.05, 3.63) is 59.4 Å². The van der Waals surface area contributed by atoms with Crippen LogP contribution in [-0.2, 0) is 14.3 Å². The van der Waals surface area contributed by atoms with Gasteiger partial charge < -0.3 is 19.1 Å². The highest BCUT2D eigenvalue weighted by Gasteiger charge is 2.37. The van der Waals surface area contributed by atoms with Gasteiger partial charge in [0.15, 0.2) is 0 Å². The Bertz CT molecular complexity index is 1140. The van der Waals surface area contributed by atoms with Gasteiger partial charge in [-0.1, -0.05) is 39.0 Å². The first-order valence-corrected chi connectivity index (χ1v) is 12.2. The highest BCUT2D eigenvalue weighted by atomic mass is 19.1. The molecule has 1 aliphatic rings. The molecule has 37 heavy (non-hydrogen) atoms. The molecule has 9 heteroatoms. The molecule has 1 aliphatic heterocycles. The van der Waals surface area contributed by atoms with Crippen molar-refractivity contribution in [3.63, 3.8) is 0 Å². The number of carbonyl (C=O) groups excluding carboxylic acids is 2. The lowest BCUT2D eigenvalue weighted by molar-refractivity contribution is -0.143. The van der Waals surface area contributed by atoms with Crippen molar-refractivity contribution >= 4 is 17.5 Å². The zero-order valence-electron chi connectivity index (χ0n) is 22.4. The fraction of sp³-hybridized carbons (Fsp3) is 0.464. The maximum atomic E-state index is 14.7. The molecule has 3 rings (SSSR count). The van der Waals surface area contributed by atoms with Crippen molar-refractivity contribution in [3.8, 4) is 11.5 Å². The van der Waals surface area contributed by atoms with Crippen LogP contribution in [0.1, 0.15) is 50.8 Å². The summed E-state index contributed by atoms with van der Waals surface area (Å²) in [6, 6.07) is 11.1. The van der Waals surface area contributed by atoms with Crippen molar-refractivity contribution in [1.82, 2.24) is 9.91 Å². The van der Waals surface area contributed by atoms with Gasteiger partial charge in [-0.3, -0.25) is 9.59 Å². The van der Waals surface area contributed by atoms with Gasteiger partial charge in [-0.2, -0.15) is 5.10 Å². The topological polar surface area (TPSA) is 80.7 Å². The van der Waals surface area contributed by atoms with Crippen LogP contribution in [0.5, 0.6) is 11.5 Å². The lowest BCUT2D eigenvalue weighted by Crippen LogP contribution is -2.43. The summed E-state index contributed by atoms with van der Waals surface area (Å²) >= 11 is 0. The number of nitrogens with zero attached hydrogens (tertiary/aromatic N) is 3. The average Bonchev–Trinajstić information content (AvgIpc) is 3.30. The van der Waals surface area contributed by atoms with Crippen LogP contribution in [0.15, 0.2) is 47.6 Å². The van der Waals surface area contributed by atoms with Gasteiger partial charge in [0.1, 0.15) is 23.9 Å². The second kappa shape index (κ2) is 12.2. The molecule has 0 bridgehead atoms. The van der Waals surface area contributed by atoms with Crippen LogP contribution in [0.25, 0.3) is 0 Å². The summed E-state index contributed by atoms with van der Waals surface area (Å²) in [5.74, 6) is 0.178. The molecule has 0 saturated heterocycles. The van der Waals surface area contributed by atoms with Crippen LogP contribution in [0.4, 0.5) is 4.39 Å². The van der Waals surface area contributed by atoms with Crippen molar-refractivity contribution < 1.29 is 28.2 Å². The van der Waals surface area contributed by atoms with E-state index in [0.29, 0.717) is 34.9 Å². The third kappa shape index (κ3) is 7.07. The number of methoxy groups -OCH3 is 3. The van der Waals surface area contributed by atoms with Gasteiger partial charge in [0.2, 0.25) is 5.91 Å². The first-order valence-electron chi connectivity index (χ1n) is 12.2. The molecule has 0 saturated carbocycles. The SMILES string of the molecule is COCCN(CC(=O)N1N=C(c2ccccc2F)C[C@@H]1c1cc(OC)ccc1OC)C(=O)CC(C)(C)C. The number of carbonyl (C=O) groups is 2. The molecule has 1 heterocycles. The summed E-state index contributed by atoms with van der Waals surface area (Å²) in [5.41, 5.74) is 1.19. The molecule has 0 aliphatic carbocycles. The average molecular weight is 514 g/mol. The minimum absolute atomic E-state index is 0.147. The molecule has 0 spiro atoms. The lowest BCUT2D eigenvalue weighted by Gasteiger charge is -2.29. The van der Waals surface area contributed by atoms with Gasteiger partial charge in [-0.15, -0.1) is 0 Å². The van der Waals surface area contributed by atoms with Gasteiger partial charge >= 0.3 is 0 Å². The van der Waals surface area contributed by atoms with Crippen LogP contribution in [-0.4, -0.2) is 68.5 Å². The number of ether oxygens (including phenoxy) is 3. The molecule has 2 amide bonds. The fourth-order valence-corrected chi connectivity index (χ4v) is 4.23. The summed E-state index contributed by atoms with van der Waals surface area (Å²) in [6.45, 7) is 6.28. The van der Waals surface area contributed by atoms with E-state index in [0.717, 1.165) is 0 Å². The first-order chi connectivity index (χ1) is 17.6. The Morgan fingerprint density at radius 3 is 2.46 bits per heavy atom. The minimum atomic E-state index is -0.575. The van der Waals surface area contributed by atoms with Gasteiger partial charge in [-0.05, 0) is 29.7 Å². The Labute approximate surface area is 218 Å². The van der Waals surface area contributed by atoms with Crippen molar-refractivity contribution in [2.75, 3.05) is 41.0 Å². The molecule has 0 fully saturated rings. The van der Waals surface area contributed by atoms with Crippen molar-refractivity contribution in [2.24, 2.45) is 10.5 Å². The van der Waals surface area contributed by atoms with E-state index >= 15 is 0 Å².